The summed E-state index contributed by atoms with van der Waals surface area (Å²) in [6, 6.07) is 0. The van der Waals surface area contributed by atoms with Crippen LogP contribution >= 0.6 is 12.0 Å². The van der Waals surface area contributed by atoms with Crippen molar-refractivity contribution in [2.24, 2.45) is 0 Å². The van der Waals surface area contributed by atoms with E-state index in [9.17, 15) is 13.6 Å². The van der Waals surface area contributed by atoms with E-state index in [1.807, 2.05) is 0 Å². The molecule has 0 aromatic rings. The van der Waals surface area contributed by atoms with Gasteiger partial charge in [-0.25, -0.2) is 0 Å². The average Bonchev–Trinajstić information content (AvgIpc) is 1.99. The zero-order chi connectivity index (χ0) is 9.78. The molecule has 0 fully saturated rings. The van der Waals surface area contributed by atoms with Crippen LogP contribution in [0.4, 0.5) is 8.78 Å². The number of nitrogens with zero attached hydrogens (tertiary/aromatic N) is 1. The highest BCUT2D eigenvalue weighted by Gasteiger charge is 2.42. The maximum Gasteiger partial charge on any atom is 0.397 e. The Bertz CT molecular complexity index is 165. The third-order valence-electron chi connectivity index (χ3n) is 0.822. The van der Waals surface area contributed by atoms with E-state index < -0.39 is 23.2 Å². The average molecular weight is 202 g/mol. The van der Waals surface area contributed by atoms with Gasteiger partial charge >= 0.3 is 11.2 Å². The van der Waals surface area contributed by atoms with E-state index in [0.29, 0.717) is 4.90 Å². The van der Waals surface area contributed by atoms with Crippen LogP contribution in [0.2, 0.25) is 0 Å². The SMILES string of the molecule is CN(C)C(=O)C(F)(F)SOO[O-]. The molecule has 0 atom stereocenters. The number of carbonyl (C=O) groups excluding carboxylic acids is 1. The number of rotatable bonds is 4. The van der Waals surface area contributed by atoms with Gasteiger partial charge in [-0.15, -0.1) is 0 Å². The monoisotopic (exact) mass is 202 g/mol. The van der Waals surface area contributed by atoms with Gasteiger partial charge in [0.1, 0.15) is 12.0 Å². The Morgan fingerprint density at radius 3 is 2.42 bits per heavy atom. The number of amides is 1. The molecular formula is C4H6F2NO4S-. The van der Waals surface area contributed by atoms with E-state index in [4.69, 9.17) is 5.26 Å². The number of halogens is 2. The maximum atomic E-state index is 12.5. The molecule has 0 bridgehead atoms. The van der Waals surface area contributed by atoms with Crippen LogP contribution in [0.3, 0.4) is 0 Å². The summed E-state index contributed by atoms with van der Waals surface area (Å²) in [5.41, 5.74) is 0. The molecule has 0 aliphatic heterocycles. The van der Waals surface area contributed by atoms with E-state index in [-0.39, 0.29) is 0 Å². The van der Waals surface area contributed by atoms with Gasteiger partial charge in [0, 0.05) is 14.1 Å². The molecule has 12 heavy (non-hydrogen) atoms. The van der Waals surface area contributed by atoms with Gasteiger partial charge in [-0.1, -0.05) is 0 Å². The molecule has 0 saturated heterocycles. The summed E-state index contributed by atoms with van der Waals surface area (Å²) in [5, 5.41) is 8.03. The molecule has 72 valence electrons. The van der Waals surface area contributed by atoms with Gasteiger partial charge in [0.25, 0.3) is 0 Å². The van der Waals surface area contributed by atoms with Gasteiger partial charge in [0.05, 0.1) is 0 Å². The van der Waals surface area contributed by atoms with Crippen LogP contribution in [0, 0.1) is 0 Å². The second-order valence-corrected chi connectivity index (χ2v) is 2.75. The first-order valence-electron chi connectivity index (χ1n) is 2.65. The van der Waals surface area contributed by atoms with E-state index in [2.05, 4.69) is 9.37 Å². The van der Waals surface area contributed by atoms with Gasteiger partial charge < -0.3 is 10.2 Å². The van der Waals surface area contributed by atoms with E-state index in [0.717, 1.165) is 14.1 Å². The Hall–Kier alpha value is -0.440. The summed E-state index contributed by atoms with van der Waals surface area (Å²) < 4.78 is 28.3. The summed E-state index contributed by atoms with van der Waals surface area (Å²) in [4.78, 5) is 11.3. The van der Waals surface area contributed by atoms with Crippen LogP contribution in [-0.4, -0.2) is 30.2 Å². The molecule has 0 rings (SSSR count). The molecule has 0 aromatic heterocycles. The quantitative estimate of drug-likeness (QED) is 0.350. The second-order valence-electron chi connectivity index (χ2n) is 1.94. The zero-order valence-corrected chi connectivity index (χ0v) is 7.06. The van der Waals surface area contributed by atoms with Crippen LogP contribution < -0.4 is 5.26 Å². The van der Waals surface area contributed by atoms with Gasteiger partial charge in [-0.05, 0) is 0 Å². The standard InChI is InChI=1S/C4H7F2NO4S/c1-7(2)3(8)4(5,6)12-11-10-9/h9H,1-2H3/p-1. The molecular weight excluding hydrogens is 196 g/mol. The second kappa shape index (κ2) is 4.55. The van der Waals surface area contributed by atoms with Crippen LogP contribution in [0.15, 0.2) is 0 Å². The lowest BCUT2D eigenvalue weighted by molar-refractivity contribution is -0.777. The molecule has 0 heterocycles. The van der Waals surface area contributed by atoms with Gasteiger partial charge in [0.15, 0.2) is 0 Å². The van der Waals surface area contributed by atoms with E-state index >= 15 is 0 Å². The first-order chi connectivity index (χ1) is 5.41. The van der Waals surface area contributed by atoms with Gasteiger partial charge in [-0.3, -0.25) is 9.83 Å². The molecule has 0 unspecified atom stereocenters. The summed E-state index contributed by atoms with van der Waals surface area (Å²) in [6.45, 7) is 0. The Balaban J connectivity index is 4.09. The minimum Gasteiger partial charge on any atom is -0.691 e. The van der Waals surface area contributed by atoms with Gasteiger partial charge in [0.2, 0.25) is 0 Å². The van der Waals surface area contributed by atoms with Crippen LogP contribution in [-0.2, 0) is 14.2 Å². The van der Waals surface area contributed by atoms with Crippen molar-refractivity contribution in [2.75, 3.05) is 14.1 Å². The smallest absolute Gasteiger partial charge is 0.397 e. The van der Waals surface area contributed by atoms with E-state index in [1.54, 1.807) is 0 Å². The highest BCUT2D eigenvalue weighted by atomic mass is 32.2. The largest absolute Gasteiger partial charge is 0.691 e. The summed E-state index contributed by atoms with van der Waals surface area (Å²) in [6.07, 6.45) is 0. The Labute approximate surface area is 71.3 Å². The molecule has 8 heteroatoms. The molecule has 5 nitrogen and oxygen atoms in total. The number of hydrogen-bond acceptors (Lipinski definition) is 5. The fraction of sp³-hybridized carbons (Fsp3) is 0.750. The van der Waals surface area contributed by atoms with E-state index in [1.165, 1.54) is 0 Å². The molecule has 0 saturated carbocycles. The summed E-state index contributed by atoms with van der Waals surface area (Å²) in [5.74, 6) is -1.48. The molecule has 0 radical (unpaired) electrons. The van der Waals surface area contributed by atoms with Crippen molar-refractivity contribution in [1.29, 1.82) is 0 Å². The lowest BCUT2D eigenvalue weighted by Crippen LogP contribution is -2.37. The lowest BCUT2D eigenvalue weighted by atomic mass is 10.6. The van der Waals surface area contributed by atoms with Crippen molar-refractivity contribution in [2.45, 2.75) is 5.25 Å². The number of carbonyl (C=O) groups is 1. The first-order valence-corrected chi connectivity index (χ1v) is 3.40. The van der Waals surface area contributed by atoms with Crippen molar-refractivity contribution in [3.63, 3.8) is 0 Å². The minimum absolute atomic E-state index is 0.644. The van der Waals surface area contributed by atoms with Crippen LogP contribution in [0.1, 0.15) is 0 Å². The third-order valence-corrected chi connectivity index (χ3v) is 1.33. The van der Waals surface area contributed by atoms with Crippen LogP contribution in [0.5, 0.6) is 0 Å². The molecule has 0 spiro atoms. The number of alkyl halides is 2. The first kappa shape index (κ1) is 11.6. The molecule has 1 amide bonds. The highest BCUT2D eigenvalue weighted by molar-refractivity contribution is 7.96. The van der Waals surface area contributed by atoms with Crippen LogP contribution in [0.25, 0.3) is 0 Å². The molecule has 0 aliphatic carbocycles. The lowest BCUT2D eigenvalue weighted by Gasteiger charge is -2.18. The van der Waals surface area contributed by atoms with Crippen molar-refractivity contribution in [3.8, 4) is 0 Å². The fourth-order valence-electron chi connectivity index (χ4n) is 0.353. The third kappa shape index (κ3) is 3.30. The Morgan fingerprint density at radius 1 is 1.58 bits per heavy atom. The van der Waals surface area contributed by atoms with Crippen molar-refractivity contribution in [3.05, 3.63) is 0 Å². The van der Waals surface area contributed by atoms with Crippen molar-refractivity contribution < 1.29 is 28.2 Å². The summed E-state index contributed by atoms with van der Waals surface area (Å²) >= 11 is -0.644. The highest BCUT2D eigenvalue weighted by Crippen LogP contribution is 2.30. The maximum absolute atomic E-state index is 12.5. The summed E-state index contributed by atoms with van der Waals surface area (Å²) in [7, 11) is 2.30. The Morgan fingerprint density at radius 2 is 2.08 bits per heavy atom. The normalized spacial score (nSPS) is 11.4. The Kier molecular flexibility index (Phi) is 4.39. The van der Waals surface area contributed by atoms with Crippen molar-refractivity contribution >= 4 is 17.9 Å². The number of hydrogen-bond donors (Lipinski definition) is 0. The molecule has 0 aliphatic rings. The minimum atomic E-state index is -3.81. The predicted molar refractivity (Wildman–Crippen MR) is 33.4 cm³/mol. The zero-order valence-electron chi connectivity index (χ0n) is 6.24. The predicted octanol–water partition coefficient (Wildman–Crippen LogP) is -0.461. The fourth-order valence-corrected chi connectivity index (χ4v) is 0.720. The van der Waals surface area contributed by atoms with Gasteiger partial charge in [-0.2, -0.15) is 13.1 Å². The topological polar surface area (TPSA) is 61.8 Å². The molecule has 0 N–H and O–H groups in total. The molecule has 0 aromatic carbocycles. The van der Waals surface area contributed by atoms with Crippen molar-refractivity contribution in [1.82, 2.24) is 4.90 Å².